The fourth-order valence-corrected chi connectivity index (χ4v) is 2.09. The zero-order valence-electron chi connectivity index (χ0n) is 10.3. The summed E-state index contributed by atoms with van der Waals surface area (Å²) in [6, 6.07) is 10.2. The molecule has 0 fully saturated rings. The molecule has 0 aliphatic heterocycles. The van der Waals surface area contributed by atoms with Crippen molar-refractivity contribution in [3.05, 3.63) is 68.6 Å². The minimum absolute atomic E-state index is 0.0830. The molecule has 0 atom stereocenters. The van der Waals surface area contributed by atoms with Crippen molar-refractivity contribution >= 4 is 17.4 Å². The summed E-state index contributed by atoms with van der Waals surface area (Å²) >= 11 is 1.64. The number of thioether (sulfide) groups is 1. The van der Waals surface area contributed by atoms with Gasteiger partial charge < -0.3 is 4.57 Å². The summed E-state index contributed by atoms with van der Waals surface area (Å²) in [5.74, 6) is 0. The first-order valence-electron chi connectivity index (χ1n) is 5.58. The van der Waals surface area contributed by atoms with Gasteiger partial charge in [-0.2, -0.15) is 0 Å². The molecular formula is C13H12N2O3S. The van der Waals surface area contributed by atoms with Crippen molar-refractivity contribution in [1.29, 1.82) is 0 Å². The lowest BCUT2D eigenvalue weighted by Gasteiger charge is -2.06. The lowest BCUT2D eigenvalue weighted by atomic mass is 10.2. The van der Waals surface area contributed by atoms with E-state index in [1.807, 2.05) is 30.5 Å². The second-order valence-corrected chi connectivity index (χ2v) is 4.84. The molecular weight excluding hydrogens is 264 g/mol. The molecule has 0 aliphatic carbocycles. The quantitative estimate of drug-likeness (QED) is 0.489. The number of hydrogen-bond acceptors (Lipinski definition) is 4. The van der Waals surface area contributed by atoms with Gasteiger partial charge in [0, 0.05) is 17.0 Å². The van der Waals surface area contributed by atoms with Gasteiger partial charge in [0.05, 0.1) is 17.7 Å². The summed E-state index contributed by atoms with van der Waals surface area (Å²) in [6.45, 7) is 0.329. The van der Waals surface area contributed by atoms with Gasteiger partial charge in [0.1, 0.15) is 0 Å². The number of hydrogen-bond donors (Lipinski definition) is 0. The second-order valence-electron chi connectivity index (χ2n) is 3.96. The van der Waals surface area contributed by atoms with Crippen LogP contribution in [-0.4, -0.2) is 15.7 Å². The number of nitro groups is 1. The maximum absolute atomic E-state index is 11.7. The number of benzene rings is 1. The van der Waals surface area contributed by atoms with E-state index < -0.39 is 4.92 Å². The Morgan fingerprint density at radius 1 is 1.21 bits per heavy atom. The largest absolute Gasteiger partial charge is 0.304 e. The van der Waals surface area contributed by atoms with Crippen LogP contribution in [0.2, 0.25) is 0 Å². The van der Waals surface area contributed by atoms with Crippen LogP contribution in [0.5, 0.6) is 0 Å². The standard InChI is InChI=1S/C13H12N2O3S/c1-19-12-5-2-10(3-6-12)8-14-9-11(15(17)18)4-7-13(14)16/h2-7,9H,8H2,1H3. The molecule has 5 nitrogen and oxygen atoms in total. The van der Waals surface area contributed by atoms with Crippen molar-refractivity contribution in [1.82, 2.24) is 4.57 Å². The number of rotatable bonds is 4. The predicted octanol–water partition coefficient (Wildman–Crippen LogP) is 2.53. The van der Waals surface area contributed by atoms with Crippen LogP contribution in [0.3, 0.4) is 0 Å². The number of pyridine rings is 1. The van der Waals surface area contributed by atoms with Gasteiger partial charge in [-0.1, -0.05) is 12.1 Å². The van der Waals surface area contributed by atoms with Gasteiger partial charge in [-0.05, 0) is 24.0 Å². The highest BCUT2D eigenvalue weighted by atomic mass is 32.2. The summed E-state index contributed by atoms with van der Waals surface area (Å²) in [5, 5.41) is 10.7. The molecule has 1 aromatic heterocycles. The molecule has 0 N–H and O–H groups in total. The van der Waals surface area contributed by atoms with Gasteiger partial charge in [0.15, 0.2) is 0 Å². The van der Waals surface area contributed by atoms with E-state index in [1.54, 1.807) is 11.8 Å². The molecule has 0 spiro atoms. The molecule has 1 aromatic carbocycles. The minimum atomic E-state index is -0.507. The highest BCUT2D eigenvalue weighted by Gasteiger charge is 2.07. The minimum Gasteiger partial charge on any atom is -0.304 e. The molecule has 0 aliphatic rings. The molecule has 98 valence electrons. The zero-order chi connectivity index (χ0) is 13.8. The first-order chi connectivity index (χ1) is 9.10. The molecule has 0 saturated carbocycles. The smallest absolute Gasteiger partial charge is 0.285 e. The average Bonchev–Trinajstić information content (AvgIpc) is 2.42. The van der Waals surface area contributed by atoms with Gasteiger partial charge in [-0.25, -0.2) is 0 Å². The Balaban J connectivity index is 2.29. The summed E-state index contributed by atoms with van der Waals surface area (Å²) < 4.78 is 1.34. The van der Waals surface area contributed by atoms with Gasteiger partial charge in [-0.3, -0.25) is 14.9 Å². The van der Waals surface area contributed by atoms with E-state index >= 15 is 0 Å². The van der Waals surface area contributed by atoms with E-state index in [2.05, 4.69) is 0 Å². The van der Waals surface area contributed by atoms with Crippen molar-refractivity contribution in [2.45, 2.75) is 11.4 Å². The predicted molar refractivity (Wildman–Crippen MR) is 74.7 cm³/mol. The van der Waals surface area contributed by atoms with Gasteiger partial charge in [0.2, 0.25) is 0 Å². The van der Waals surface area contributed by atoms with Crippen LogP contribution in [0.4, 0.5) is 5.69 Å². The molecule has 0 bridgehead atoms. The third kappa shape index (κ3) is 3.23. The van der Waals surface area contributed by atoms with Crippen LogP contribution < -0.4 is 5.56 Å². The Hall–Kier alpha value is -2.08. The van der Waals surface area contributed by atoms with Crippen molar-refractivity contribution in [2.24, 2.45) is 0 Å². The topological polar surface area (TPSA) is 65.1 Å². The van der Waals surface area contributed by atoms with Crippen LogP contribution >= 0.6 is 11.8 Å². The Kier molecular flexibility index (Phi) is 4.01. The van der Waals surface area contributed by atoms with Gasteiger partial charge >= 0.3 is 0 Å². The normalized spacial score (nSPS) is 10.4. The summed E-state index contributed by atoms with van der Waals surface area (Å²) in [4.78, 5) is 23.0. The number of nitrogens with zero attached hydrogens (tertiary/aromatic N) is 2. The summed E-state index contributed by atoms with van der Waals surface area (Å²) in [5.41, 5.74) is 0.597. The molecule has 1 heterocycles. The van der Waals surface area contributed by atoms with Crippen LogP contribution in [0.15, 0.2) is 52.3 Å². The third-order valence-corrected chi connectivity index (χ3v) is 3.43. The molecule has 6 heteroatoms. The third-order valence-electron chi connectivity index (χ3n) is 2.69. The van der Waals surface area contributed by atoms with Crippen LogP contribution in [0, 0.1) is 10.1 Å². The van der Waals surface area contributed by atoms with Gasteiger partial charge in [-0.15, -0.1) is 11.8 Å². The lowest BCUT2D eigenvalue weighted by Crippen LogP contribution is -2.19. The first kappa shape index (κ1) is 13.4. The highest BCUT2D eigenvalue weighted by Crippen LogP contribution is 2.15. The van der Waals surface area contributed by atoms with Crippen molar-refractivity contribution in [3.63, 3.8) is 0 Å². The van der Waals surface area contributed by atoms with E-state index in [0.717, 1.165) is 10.5 Å². The molecule has 19 heavy (non-hydrogen) atoms. The highest BCUT2D eigenvalue weighted by molar-refractivity contribution is 7.98. The Labute approximate surface area is 114 Å². The van der Waals surface area contributed by atoms with E-state index in [-0.39, 0.29) is 11.2 Å². The Morgan fingerprint density at radius 3 is 2.47 bits per heavy atom. The van der Waals surface area contributed by atoms with Crippen LogP contribution in [-0.2, 0) is 6.54 Å². The van der Waals surface area contributed by atoms with Crippen LogP contribution in [0.1, 0.15) is 5.56 Å². The van der Waals surface area contributed by atoms with Gasteiger partial charge in [0.25, 0.3) is 11.2 Å². The maximum atomic E-state index is 11.7. The van der Waals surface area contributed by atoms with E-state index in [0.29, 0.717) is 6.54 Å². The van der Waals surface area contributed by atoms with Crippen molar-refractivity contribution in [3.8, 4) is 0 Å². The zero-order valence-corrected chi connectivity index (χ0v) is 11.1. The number of aromatic nitrogens is 1. The molecule has 2 rings (SSSR count). The Bertz CT molecular complexity index is 650. The van der Waals surface area contributed by atoms with E-state index in [9.17, 15) is 14.9 Å². The average molecular weight is 276 g/mol. The summed E-state index contributed by atoms with van der Waals surface area (Å²) in [6.07, 6.45) is 3.25. The van der Waals surface area contributed by atoms with E-state index in [4.69, 9.17) is 0 Å². The Morgan fingerprint density at radius 2 is 1.89 bits per heavy atom. The molecule has 2 aromatic rings. The molecule has 0 saturated heterocycles. The fourth-order valence-electron chi connectivity index (χ4n) is 1.68. The van der Waals surface area contributed by atoms with Crippen molar-refractivity contribution in [2.75, 3.05) is 6.26 Å². The maximum Gasteiger partial charge on any atom is 0.285 e. The molecule has 0 unspecified atom stereocenters. The SMILES string of the molecule is CSc1ccc(Cn2cc([N+](=O)[O-])ccc2=O)cc1. The molecule has 0 radical (unpaired) electrons. The first-order valence-corrected chi connectivity index (χ1v) is 6.80. The lowest BCUT2D eigenvalue weighted by molar-refractivity contribution is -0.385. The second kappa shape index (κ2) is 5.71. The monoisotopic (exact) mass is 276 g/mol. The molecule has 0 amide bonds. The van der Waals surface area contributed by atoms with Crippen molar-refractivity contribution < 1.29 is 4.92 Å². The summed E-state index contributed by atoms with van der Waals surface area (Å²) in [7, 11) is 0. The fraction of sp³-hybridized carbons (Fsp3) is 0.154. The van der Waals surface area contributed by atoms with E-state index in [1.165, 1.54) is 22.9 Å². The van der Waals surface area contributed by atoms with Crippen LogP contribution in [0.25, 0.3) is 0 Å².